The molecule has 0 aromatic heterocycles. The second-order valence-electron chi connectivity index (χ2n) is 2.25. The van der Waals surface area contributed by atoms with Crippen LogP contribution in [0.4, 0.5) is 0 Å². The lowest BCUT2D eigenvalue weighted by Gasteiger charge is -2.01. The zero-order valence-electron chi connectivity index (χ0n) is 8.06. The van der Waals surface area contributed by atoms with Crippen LogP contribution in [-0.2, 0) is 19.1 Å². The number of isocyanates is 1. The van der Waals surface area contributed by atoms with Gasteiger partial charge in [0, 0.05) is 6.08 Å². The molecule has 0 aromatic carbocycles. The standard InChI is InChI=1S/C9H13NO4/c1-2-3-9(12)14-7-6-13-5-4-10-8-11/h2-3H,4-7H2,1H3. The predicted octanol–water partition coefficient (Wildman–Crippen LogP) is 0.458. The first-order chi connectivity index (χ1) is 6.81. The number of carbonyl (C=O) groups excluding carboxylic acids is 2. The van der Waals surface area contributed by atoms with Gasteiger partial charge in [0.25, 0.3) is 0 Å². The third-order valence-electron chi connectivity index (χ3n) is 1.19. The minimum Gasteiger partial charge on any atom is -0.460 e. The van der Waals surface area contributed by atoms with Crippen LogP contribution in [0.3, 0.4) is 0 Å². The molecule has 0 amide bonds. The molecule has 0 bridgehead atoms. The van der Waals surface area contributed by atoms with Gasteiger partial charge in [-0.25, -0.2) is 14.6 Å². The molecule has 0 aliphatic carbocycles. The highest BCUT2D eigenvalue weighted by atomic mass is 16.6. The van der Waals surface area contributed by atoms with Crippen LogP contribution in [0, 0.1) is 0 Å². The van der Waals surface area contributed by atoms with Crippen molar-refractivity contribution >= 4 is 12.0 Å². The first kappa shape index (κ1) is 12.6. The second-order valence-corrected chi connectivity index (χ2v) is 2.25. The molecular weight excluding hydrogens is 186 g/mol. The molecule has 0 saturated heterocycles. The fourth-order valence-electron chi connectivity index (χ4n) is 0.643. The Labute approximate surface area is 82.4 Å². The summed E-state index contributed by atoms with van der Waals surface area (Å²) in [5, 5.41) is 0. The summed E-state index contributed by atoms with van der Waals surface area (Å²) in [4.78, 5) is 23.7. The SMILES string of the molecule is CC=CC(=O)OCCOCCN=C=O. The van der Waals surface area contributed by atoms with Gasteiger partial charge in [-0.2, -0.15) is 0 Å². The van der Waals surface area contributed by atoms with E-state index in [4.69, 9.17) is 9.47 Å². The Bertz CT molecular complexity index is 231. The monoisotopic (exact) mass is 199 g/mol. The van der Waals surface area contributed by atoms with Gasteiger partial charge in [-0.15, -0.1) is 0 Å². The maximum Gasteiger partial charge on any atom is 0.330 e. The smallest absolute Gasteiger partial charge is 0.330 e. The molecule has 0 saturated carbocycles. The molecule has 78 valence electrons. The van der Waals surface area contributed by atoms with Gasteiger partial charge in [-0.3, -0.25) is 0 Å². The van der Waals surface area contributed by atoms with Gasteiger partial charge in [0.05, 0.1) is 19.8 Å². The van der Waals surface area contributed by atoms with Gasteiger partial charge in [0.2, 0.25) is 6.08 Å². The summed E-state index contributed by atoms with van der Waals surface area (Å²) >= 11 is 0. The molecular formula is C9H13NO4. The molecule has 0 fully saturated rings. The van der Waals surface area contributed by atoms with Crippen LogP contribution in [0.1, 0.15) is 6.92 Å². The number of esters is 1. The normalized spacial score (nSPS) is 9.79. The van der Waals surface area contributed by atoms with Crippen LogP contribution in [0.15, 0.2) is 17.1 Å². The number of hydrogen-bond donors (Lipinski definition) is 0. The van der Waals surface area contributed by atoms with E-state index in [1.807, 2.05) is 0 Å². The highest BCUT2D eigenvalue weighted by Crippen LogP contribution is 1.83. The Morgan fingerprint density at radius 2 is 2.21 bits per heavy atom. The molecule has 0 spiro atoms. The fraction of sp³-hybridized carbons (Fsp3) is 0.556. The third-order valence-corrected chi connectivity index (χ3v) is 1.19. The minimum atomic E-state index is -0.387. The Balaban J connectivity index is 3.21. The zero-order valence-corrected chi connectivity index (χ0v) is 8.06. The van der Waals surface area contributed by atoms with E-state index in [0.717, 1.165) is 0 Å². The summed E-state index contributed by atoms with van der Waals surface area (Å²) in [6.07, 6.45) is 4.32. The topological polar surface area (TPSA) is 65.0 Å². The first-order valence-electron chi connectivity index (χ1n) is 4.22. The van der Waals surface area contributed by atoms with Crippen LogP contribution in [0.25, 0.3) is 0 Å². The largest absolute Gasteiger partial charge is 0.460 e. The van der Waals surface area contributed by atoms with Crippen molar-refractivity contribution in [2.45, 2.75) is 6.92 Å². The van der Waals surface area contributed by atoms with E-state index in [1.165, 1.54) is 12.2 Å². The Morgan fingerprint density at radius 1 is 1.43 bits per heavy atom. The van der Waals surface area contributed by atoms with Crippen molar-refractivity contribution in [3.8, 4) is 0 Å². The molecule has 14 heavy (non-hydrogen) atoms. The lowest BCUT2D eigenvalue weighted by Crippen LogP contribution is -2.09. The van der Waals surface area contributed by atoms with Crippen LogP contribution in [-0.4, -0.2) is 38.4 Å². The van der Waals surface area contributed by atoms with Gasteiger partial charge in [0.15, 0.2) is 0 Å². The molecule has 0 aliphatic rings. The Kier molecular flexibility index (Phi) is 8.64. The van der Waals surface area contributed by atoms with Crippen molar-refractivity contribution in [3.05, 3.63) is 12.2 Å². The molecule has 0 atom stereocenters. The van der Waals surface area contributed by atoms with E-state index < -0.39 is 0 Å². The van der Waals surface area contributed by atoms with Gasteiger partial charge in [-0.05, 0) is 6.92 Å². The van der Waals surface area contributed by atoms with Gasteiger partial charge in [0.1, 0.15) is 6.61 Å². The molecule has 0 N–H and O–H groups in total. The Morgan fingerprint density at radius 3 is 2.86 bits per heavy atom. The first-order valence-corrected chi connectivity index (χ1v) is 4.22. The molecule has 0 aliphatic heterocycles. The number of nitrogens with zero attached hydrogens (tertiary/aromatic N) is 1. The van der Waals surface area contributed by atoms with E-state index in [2.05, 4.69) is 4.99 Å². The van der Waals surface area contributed by atoms with Crippen molar-refractivity contribution in [2.75, 3.05) is 26.4 Å². The van der Waals surface area contributed by atoms with Crippen molar-refractivity contribution in [3.63, 3.8) is 0 Å². The average molecular weight is 199 g/mol. The maximum atomic E-state index is 10.7. The summed E-state index contributed by atoms with van der Waals surface area (Å²) < 4.78 is 9.72. The van der Waals surface area contributed by atoms with E-state index in [0.29, 0.717) is 13.2 Å². The minimum absolute atomic E-state index is 0.202. The average Bonchev–Trinajstić information content (AvgIpc) is 2.17. The number of ether oxygens (including phenoxy) is 2. The van der Waals surface area contributed by atoms with E-state index >= 15 is 0 Å². The maximum absolute atomic E-state index is 10.7. The van der Waals surface area contributed by atoms with Crippen molar-refractivity contribution < 1.29 is 19.1 Å². The van der Waals surface area contributed by atoms with Crippen molar-refractivity contribution in [2.24, 2.45) is 4.99 Å². The number of aliphatic imine (C=N–C) groups is 1. The third kappa shape index (κ3) is 8.64. The summed E-state index contributed by atoms with van der Waals surface area (Å²) in [5.41, 5.74) is 0. The van der Waals surface area contributed by atoms with E-state index in [9.17, 15) is 9.59 Å². The van der Waals surface area contributed by atoms with Crippen LogP contribution < -0.4 is 0 Å². The Hall–Kier alpha value is -1.45. The second kappa shape index (κ2) is 9.64. The summed E-state index contributed by atoms with van der Waals surface area (Å²) in [6.45, 7) is 2.85. The molecule has 0 aromatic rings. The van der Waals surface area contributed by atoms with Crippen LogP contribution in [0.5, 0.6) is 0 Å². The molecule has 0 unspecified atom stereocenters. The fourth-order valence-corrected chi connectivity index (χ4v) is 0.643. The number of hydrogen-bond acceptors (Lipinski definition) is 5. The number of rotatable bonds is 7. The lowest BCUT2D eigenvalue weighted by molar-refractivity contribution is -0.139. The van der Waals surface area contributed by atoms with Gasteiger partial charge >= 0.3 is 5.97 Å². The summed E-state index contributed by atoms with van der Waals surface area (Å²) in [7, 11) is 0. The molecule has 5 nitrogen and oxygen atoms in total. The summed E-state index contributed by atoms with van der Waals surface area (Å²) in [5.74, 6) is -0.387. The number of carbonyl (C=O) groups is 1. The van der Waals surface area contributed by atoms with E-state index in [1.54, 1.807) is 13.0 Å². The molecule has 5 heteroatoms. The van der Waals surface area contributed by atoms with Crippen molar-refractivity contribution in [1.29, 1.82) is 0 Å². The van der Waals surface area contributed by atoms with Crippen LogP contribution in [0.2, 0.25) is 0 Å². The summed E-state index contributed by atoms with van der Waals surface area (Å²) in [6, 6.07) is 0. The molecule has 0 radical (unpaired) electrons. The molecule has 0 heterocycles. The van der Waals surface area contributed by atoms with Crippen molar-refractivity contribution in [1.82, 2.24) is 0 Å². The lowest BCUT2D eigenvalue weighted by atomic mass is 10.5. The predicted molar refractivity (Wildman–Crippen MR) is 49.6 cm³/mol. The number of allylic oxidation sites excluding steroid dienone is 1. The van der Waals surface area contributed by atoms with Crippen LogP contribution >= 0.6 is 0 Å². The highest BCUT2D eigenvalue weighted by molar-refractivity contribution is 5.81. The zero-order chi connectivity index (χ0) is 10.6. The quantitative estimate of drug-likeness (QED) is 0.196. The van der Waals surface area contributed by atoms with Gasteiger partial charge in [-0.1, -0.05) is 6.08 Å². The molecule has 0 rings (SSSR count). The highest BCUT2D eigenvalue weighted by Gasteiger charge is 1.94. The van der Waals surface area contributed by atoms with E-state index in [-0.39, 0.29) is 19.1 Å². The van der Waals surface area contributed by atoms with Gasteiger partial charge < -0.3 is 9.47 Å².